The lowest BCUT2D eigenvalue weighted by Crippen LogP contribution is -2.00. The number of nitrogens with one attached hydrogen (secondary N) is 1. The zero-order valence-electron chi connectivity index (χ0n) is 8.86. The first-order valence-corrected chi connectivity index (χ1v) is 7.09. The van der Waals surface area contributed by atoms with Gasteiger partial charge >= 0.3 is 0 Å². The van der Waals surface area contributed by atoms with E-state index in [1.54, 1.807) is 11.3 Å². The van der Waals surface area contributed by atoms with E-state index in [4.69, 9.17) is 5.73 Å². The molecule has 5 heteroatoms. The first kappa shape index (κ1) is 9.70. The predicted octanol–water partition coefficient (Wildman–Crippen LogP) is 3.21. The Morgan fingerprint density at radius 2 is 2.24 bits per heavy atom. The third kappa shape index (κ3) is 1.19. The number of H-pyrrole nitrogens is 1. The summed E-state index contributed by atoms with van der Waals surface area (Å²) in [5, 5.41) is 13.1. The number of thiophene rings is 1. The Morgan fingerprint density at radius 3 is 3.12 bits per heavy atom. The third-order valence-corrected chi connectivity index (χ3v) is 5.20. The Kier molecular flexibility index (Phi) is 1.91. The van der Waals surface area contributed by atoms with E-state index in [9.17, 15) is 0 Å². The van der Waals surface area contributed by atoms with Gasteiger partial charge < -0.3 is 5.73 Å². The van der Waals surface area contributed by atoms with E-state index in [-0.39, 0.29) is 0 Å². The van der Waals surface area contributed by atoms with Crippen molar-refractivity contribution in [1.29, 1.82) is 0 Å². The van der Waals surface area contributed by atoms with Crippen molar-refractivity contribution in [3.8, 4) is 11.3 Å². The molecule has 0 unspecified atom stereocenters. The highest BCUT2D eigenvalue weighted by molar-refractivity contribution is 8.00. The molecule has 3 aromatic rings. The second-order valence-corrected chi connectivity index (χ2v) is 5.80. The van der Waals surface area contributed by atoms with E-state index in [0.29, 0.717) is 6.54 Å². The fourth-order valence-corrected chi connectivity index (χ4v) is 4.45. The minimum absolute atomic E-state index is 0.572. The first-order chi connectivity index (χ1) is 8.38. The van der Waals surface area contributed by atoms with Crippen LogP contribution in [0.4, 0.5) is 0 Å². The zero-order chi connectivity index (χ0) is 11.4. The minimum atomic E-state index is 0.572. The molecule has 0 amide bonds. The Hall–Kier alpha value is -1.30. The summed E-state index contributed by atoms with van der Waals surface area (Å²) < 4.78 is 0. The maximum atomic E-state index is 5.81. The number of aromatic amines is 1. The molecule has 17 heavy (non-hydrogen) atoms. The van der Waals surface area contributed by atoms with Gasteiger partial charge in [0.15, 0.2) is 0 Å². The molecule has 0 fully saturated rings. The summed E-state index contributed by atoms with van der Waals surface area (Å²) in [5.74, 6) is 0. The Labute approximate surface area is 106 Å². The van der Waals surface area contributed by atoms with E-state index in [1.165, 1.54) is 26.3 Å². The van der Waals surface area contributed by atoms with Crippen LogP contribution in [-0.2, 0) is 6.54 Å². The molecule has 3 N–H and O–H groups in total. The van der Waals surface area contributed by atoms with Gasteiger partial charge in [0.05, 0.1) is 5.52 Å². The molecule has 0 bridgehead atoms. The smallest absolute Gasteiger partial charge is 0.103 e. The van der Waals surface area contributed by atoms with Crippen molar-refractivity contribution in [1.82, 2.24) is 10.2 Å². The fourth-order valence-electron chi connectivity index (χ4n) is 2.25. The normalized spacial score (nSPS) is 13.0. The Morgan fingerprint density at radius 1 is 1.29 bits per heavy atom. The molecule has 0 spiro atoms. The number of benzene rings is 1. The number of hydrogen-bond donors (Lipinski definition) is 2. The number of nitrogens with two attached hydrogens (primary N) is 1. The summed E-state index contributed by atoms with van der Waals surface area (Å²) in [7, 11) is 0. The van der Waals surface area contributed by atoms with Crippen LogP contribution >= 0.6 is 23.1 Å². The van der Waals surface area contributed by atoms with Crippen molar-refractivity contribution in [2.75, 3.05) is 0 Å². The molecule has 0 saturated heterocycles. The Balaban J connectivity index is 2.18. The van der Waals surface area contributed by atoms with E-state index in [0.717, 1.165) is 11.2 Å². The molecule has 1 aliphatic heterocycles. The van der Waals surface area contributed by atoms with Crippen LogP contribution in [0, 0.1) is 0 Å². The fraction of sp³-hybridized carbons (Fsp3) is 0.0833. The van der Waals surface area contributed by atoms with Crippen molar-refractivity contribution in [3.05, 3.63) is 28.5 Å². The molecule has 1 aromatic carbocycles. The van der Waals surface area contributed by atoms with Gasteiger partial charge in [-0.25, -0.2) is 0 Å². The highest BCUT2D eigenvalue weighted by atomic mass is 32.2. The SMILES string of the molecule is NCc1ccc2[nH]nc3c2c1Sc1cscc1-3. The van der Waals surface area contributed by atoms with Gasteiger partial charge in [-0.3, -0.25) is 5.10 Å². The van der Waals surface area contributed by atoms with Crippen LogP contribution in [0.2, 0.25) is 0 Å². The lowest BCUT2D eigenvalue weighted by molar-refractivity contribution is 1.04. The van der Waals surface area contributed by atoms with E-state index in [2.05, 4.69) is 33.1 Å². The number of rotatable bonds is 1. The predicted molar refractivity (Wildman–Crippen MR) is 71.4 cm³/mol. The second-order valence-electron chi connectivity index (χ2n) is 4.00. The molecule has 0 atom stereocenters. The summed E-state index contributed by atoms with van der Waals surface area (Å²) in [6.07, 6.45) is 0. The van der Waals surface area contributed by atoms with Crippen LogP contribution in [0.5, 0.6) is 0 Å². The highest BCUT2D eigenvalue weighted by Crippen LogP contribution is 2.49. The number of hydrogen-bond acceptors (Lipinski definition) is 4. The van der Waals surface area contributed by atoms with Gasteiger partial charge in [-0.05, 0) is 11.6 Å². The van der Waals surface area contributed by atoms with Gasteiger partial charge in [0.2, 0.25) is 0 Å². The topological polar surface area (TPSA) is 54.7 Å². The van der Waals surface area contributed by atoms with Gasteiger partial charge in [-0.15, -0.1) is 0 Å². The molecule has 4 rings (SSSR count). The molecular formula is C12H9N3S2. The first-order valence-electron chi connectivity index (χ1n) is 5.33. The number of nitrogens with zero attached hydrogens (tertiary/aromatic N) is 1. The second kappa shape index (κ2) is 3.35. The van der Waals surface area contributed by atoms with Crippen LogP contribution in [0.1, 0.15) is 5.56 Å². The lowest BCUT2D eigenvalue weighted by atomic mass is 10.1. The van der Waals surface area contributed by atoms with Crippen molar-refractivity contribution in [2.45, 2.75) is 16.3 Å². The van der Waals surface area contributed by atoms with Crippen LogP contribution in [0.3, 0.4) is 0 Å². The van der Waals surface area contributed by atoms with Crippen molar-refractivity contribution >= 4 is 34.0 Å². The van der Waals surface area contributed by atoms with Crippen molar-refractivity contribution < 1.29 is 0 Å². The monoisotopic (exact) mass is 259 g/mol. The van der Waals surface area contributed by atoms with Gasteiger partial charge in [0.1, 0.15) is 5.69 Å². The zero-order valence-corrected chi connectivity index (χ0v) is 10.5. The van der Waals surface area contributed by atoms with Gasteiger partial charge in [0.25, 0.3) is 0 Å². The maximum absolute atomic E-state index is 5.81. The number of fused-ring (bicyclic) bond motifs is 2. The van der Waals surface area contributed by atoms with E-state index in [1.807, 2.05) is 11.8 Å². The average molecular weight is 259 g/mol. The summed E-state index contributed by atoms with van der Waals surface area (Å²) in [6, 6.07) is 4.15. The molecule has 84 valence electrons. The summed E-state index contributed by atoms with van der Waals surface area (Å²) in [5.41, 5.74) is 10.4. The van der Waals surface area contributed by atoms with Crippen molar-refractivity contribution in [3.63, 3.8) is 0 Å². The largest absolute Gasteiger partial charge is 0.326 e. The Bertz CT molecular complexity index is 727. The molecular weight excluding hydrogens is 250 g/mol. The van der Waals surface area contributed by atoms with Crippen LogP contribution in [0.25, 0.3) is 22.2 Å². The molecule has 1 aliphatic rings. The van der Waals surface area contributed by atoms with E-state index >= 15 is 0 Å². The third-order valence-electron chi connectivity index (χ3n) is 3.08. The molecule has 3 nitrogen and oxygen atoms in total. The molecule has 0 aliphatic carbocycles. The maximum Gasteiger partial charge on any atom is 0.103 e. The average Bonchev–Trinajstić information content (AvgIpc) is 2.96. The van der Waals surface area contributed by atoms with Crippen LogP contribution < -0.4 is 5.73 Å². The number of aromatic nitrogens is 2. The van der Waals surface area contributed by atoms with Crippen LogP contribution in [0.15, 0.2) is 32.7 Å². The van der Waals surface area contributed by atoms with E-state index < -0.39 is 0 Å². The molecule has 0 radical (unpaired) electrons. The standard InChI is InChI=1S/C12H9N3S2/c13-3-6-1-2-8-10-11(15-14-8)7-4-16-5-9(7)17-12(6)10/h1-2,4-5H,3,13H2,(H,14,15). The van der Waals surface area contributed by atoms with Crippen molar-refractivity contribution in [2.24, 2.45) is 5.73 Å². The van der Waals surface area contributed by atoms with Gasteiger partial charge in [0, 0.05) is 38.0 Å². The molecule has 3 heterocycles. The quantitative estimate of drug-likeness (QED) is 0.552. The van der Waals surface area contributed by atoms with Gasteiger partial charge in [-0.1, -0.05) is 17.8 Å². The molecule has 0 saturated carbocycles. The highest BCUT2D eigenvalue weighted by Gasteiger charge is 2.24. The molecule has 2 aromatic heterocycles. The summed E-state index contributed by atoms with van der Waals surface area (Å²) >= 11 is 3.53. The summed E-state index contributed by atoms with van der Waals surface area (Å²) in [6.45, 7) is 0.572. The minimum Gasteiger partial charge on any atom is -0.326 e. The summed E-state index contributed by atoms with van der Waals surface area (Å²) in [4.78, 5) is 2.55. The van der Waals surface area contributed by atoms with Gasteiger partial charge in [-0.2, -0.15) is 16.4 Å². The lowest BCUT2D eigenvalue weighted by Gasteiger charge is -2.14. The van der Waals surface area contributed by atoms with Crippen LogP contribution in [-0.4, -0.2) is 10.2 Å².